The summed E-state index contributed by atoms with van der Waals surface area (Å²) in [6.45, 7) is 0.439. The predicted octanol–water partition coefficient (Wildman–Crippen LogP) is 2.25. The first-order valence-corrected chi connectivity index (χ1v) is 10.9. The molecule has 6 rings (SSSR count). The number of amides is 1. The second-order valence-corrected chi connectivity index (χ2v) is 8.43. The SMILES string of the molecule is CN1CCC(O)(c2cc(-c3cccc(-c4ccnc(Nc5nnc(C6CC6)o5)n4)n3)no2)C1=O. The van der Waals surface area contributed by atoms with Gasteiger partial charge in [0, 0.05) is 38.2 Å². The zero-order valence-electron chi connectivity index (χ0n) is 18.2. The summed E-state index contributed by atoms with van der Waals surface area (Å²) in [7, 11) is 1.64. The molecule has 12 nitrogen and oxygen atoms in total. The number of carbonyl (C=O) groups is 1. The second kappa shape index (κ2) is 7.70. The Labute approximate surface area is 193 Å². The first-order chi connectivity index (χ1) is 16.5. The molecule has 2 N–H and O–H groups in total. The van der Waals surface area contributed by atoms with Crippen molar-refractivity contribution in [1.82, 2.24) is 35.2 Å². The van der Waals surface area contributed by atoms with E-state index in [4.69, 9.17) is 8.94 Å². The fourth-order valence-corrected chi connectivity index (χ4v) is 3.83. The van der Waals surface area contributed by atoms with E-state index < -0.39 is 11.5 Å². The predicted molar refractivity (Wildman–Crippen MR) is 116 cm³/mol. The van der Waals surface area contributed by atoms with Gasteiger partial charge in [-0.25, -0.2) is 15.0 Å². The molecule has 0 spiro atoms. The Bertz CT molecular complexity index is 1380. The fraction of sp³-hybridized carbons (Fsp3) is 0.318. The lowest BCUT2D eigenvalue weighted by Crippen LogP contribution is -2.35. The number of nitrogens with zero attached hydrogens (tertiary/aromatic N) is 7. The molecule has 0 aromatic carbocycles. The number of hydrogen-bond acceptors (Lipinski definition) is 11. The molecule has 5 heterocycles. The molecular weight excluding hydrogens is 440 g/mol. The highest BCUT2D eigenvalue weighted by molar-refractivity contribution is 5.87. The number of hydrogen-bond donors (Lipinski definition) is 2. The molecule has 0 bridgehead atoms. The summed E-state index contributed by atoms with van der Waals surface area (Å²) < 4.78 is 10.9. The summed E-state index contributed by atoms with van der Waals surface area (Å²) in [4.78, 5) is 27.1. The van der Waals surface area contributed by atoms with Crippen LogP contribution in [-0.2, 0) is 10.4 Å². The van der Waals surface area contributed by atoms with Gasteiger partial charge in [0.05, 0.1) is 17.1 Å². The van der Waals surface area contributed by atoms with Crippen LogP contribution in [0, 0.1) is 0 Å². The van der Waals surface area contributed by atoms with Gasteiger partial charge in [-0.2, -0.15) is 0 Å². The van der Waals surface area contributed by atoms with Gasteiger partial charge >= 0.3 is 6.01 Å². The zero-order valence-corrected chi connectivity index (χ0v) is 18.2. The van der Waals surface area contributed by atoms with Gasteiger partial charge in [-0.15, -0.1) is 5.10 Å². The molecule has 1 amide bonds. The van der Waals surface area contributed by atoms with Crippen molar-refractivity contribution in [3.8, 4) is 22.8 Å². The van der Waals surface area contributed by atoms with Gasteiger partial charge in [0.25, 0.3) is 5.91 Å². The molecule has 172 valence electrons. The van der Waals surface area contributed by atoms with Crippen LogP contribution in [0.25, 0.3) is 22.8 Å². The molecule has 12 heteroatoms. The fourth-order valence-electron chi connectivity index (χ4n) is 3.83. The third-order valence-corrected chi connectivity index (χ3v) is 5.94. The molecule has 4 aromatic heterocycles. The minimum absolute atomic E-state index is 0.0997. The normalized spacial score (nSPS) is 20.2. The van der Waals surface area contributed by atoms with E-state index in [9.17, 15) is 9.90 Å². The minimum Gasteiger partial charge on any atom is -0.408 e. The Morgan fingerprint density at radius 2 is 1.91 bits per heavy atom. The molecule has 1 unspecified atom stereocenters. The lowest BCUT2D eigenvalue weighted by molar-refractivity contribution is -0.144. The maximum Gasteiger partial charge on any atom is 0.322 e. The van der Waals surface area contributed by atoms with Crippen molar-refractivity contribution in [3.05, 3.63) is 48.2 Å². The number of anilines is 2. The largest absolute Gasteiger partial charge is 0.408 e. The van der Waals surface area contributed by atoms with Gasteiger partial charge < -0.3 is 18.9 Å². The van der Waals surface area contributed by atoms with Crippen molar-refractivity contribution >= 4 is 17.9 Å². The van der Waals surface area contributed by atoms with Crippen LogP contribution in [0.3, 0.4) is 0 Å². The van der Waals surface area contributed by atoms with Gasteiger partial charge in [-0.05, 0) is 31.0 Å². The third kappa shape index (κ3) is 3.57. The highest BCUT2D eigenvalue weighted by Gasteiger charge is 2.48. The van der Waals surface area contributed by atoms with Gasteiger partial charge in [-0.1, -0.05) is 16.3 Å². The maximum atomic E-state index is 12.4. The van der Waals surface area contributed by atoms with E-state index in [2.05, 4.69) is 35.6 Å². The summed E-state index contributed by atoms with van der Waals surface area (Å²) in [5.41, 5.74) is 0.342. The number of likely N-dealkylation sites (N-methyl/N-ethyl adjacent to an activating group) is 1. The molecule has 2 aliphatic rings. The van der Waals surface area contributed by atoms with Gasteiger partial charge in [0.2, 0.25) is 17.4 Å². The summed E-state index contributed by atoms with van der Waals surface area (Å²) >= 11 is 0. The Hall–Kier alpha value is -4.19. The number of nitrogens with one attached hydrogen (secondary N) is 1. The minimum atomic E-state index is -1.71. The third-order valence-electron chi connectivity index (χ3n) is 5.94. The van der Waals surface area contributed by atoms with Gasteiger partial charge in [0.1, 0.15) is 5.69 Å². The van der Waals surface area contributed by atoms with E-state index in [0.29, 0.717) is 47.1 Å². The van der Waals surface area contributed by atoms with Crippen molar-refractivity contribution in [2.24, 2.45) is 0 Å². The Balaban J connectivity index is 1.24. The average Bonchev–Trinajstić information content (AvgIpc) is 3.28. The van der Waals surface area contributed by atoms with E-state index in [0.717, 1.165) is 12.8 Å². The van der Waals surface area contributed by atoms with E-state index in [1.807, 2.05) is 6.07 Å². The molecule has 1 aliphatic carbocycles. The van der Waals surface area contributed by atoms with E-state index in [1.165, 1.54) is 4.90 Å². The first-order valence-electron chi connectivity index (χ1n) is 10.9. The molecular formula is C22H20N8O4. The monoisotopic (exact) mass is 460 g/mol. The molecule has 4 aromatic rings. The van der Waals surface area contributed by atoms with Crippen LogP contribution in [0.2, 0.25) is 0 Å². The van der Waals surface area contributed by atoms with Crippen LogP contribution in [0.1, 0.15) is 36.8 Å². The van der Waals surface area contributed by atoms with Crippen molar-refractivity contribution in [1.29, 1.82) is 0 Å². The number of likely N-dealkylation sites (tertiary alicyclic amines) is 1. The molecule has 1 saturated heterocycles. The topological polar surface area (TPSA) is 156 Å². The zero-order chi connectivity index (χ0) is 23.3. The summed E-state index contributed by atoms with van der Waals surface area (Å²) in [6, 6.07) is 8.88. The number of carbonyl (C=O) groups excluding carboxylic acids is 1. The van der Waals surface area contributed by atoms with Crippen LogP contribution >= 0.6 is 0 Å². The van der Waals surface area contributed by atoms with Crippen molar-refractivity contribution in [2.45, 2.75) is 30.8 Å². The summed E-state index contributed by atoms with van der Waals surface area (Å²) in [6.07, 6.45) is 3.97. The standard InChI is InChI=1S/C22H20N8O4/c1-30-10-8-22(32,19(30)31)17-11-16(29-34-17)14-4-2-3-13(24-14)15-7-9-23-20(25-15)26-21-28-27-18(33-21)12-5-6-12/h2-4,7,9,11-12,32H,5-6,8,10H2,1H3,(H,23,25,26,28). The highest BCUT2D eigenvalue weighted by Crippen LogP contribution is 2.39. The number of aliphatic hydroxyl groups is 1. The molecule has 34 heavy (non-hydrogen) atoms. The van der Waals surface area contributed by atoms with Crippen LogP contribution in [0.15, 0.2) is 45.5 Å². The van der Waals surface area contributed by atoms with Crippen molar-refractivity contribution < 1.29 is 18.8 Å². The lowest BCUT2D eigenvalue weighted by atomic mass is 9.98. The van der Waals surface area contributed by atoms with Crippen LogP contribution in [-0.4, -0.2) is 59.8 Å². The molecule has 1 saturated carbocycles. The smallest absolute Gasteiger partial charge is 0.322 e. The van der Waals surface area contributed by atoms with E-state index in [-0.39, 0.29) is 18.2 Å². The average molecular weight is 460 g/mol. The summed E-state index contributed by atoms with van der Waals surface area (Å²) in [5.74, 6) is 0.958. The van der Waals surface area contributed by atoms with Crippen molar-refractivity contribution in [3.63, 3.8) is 0 Å². The number of rotatable bonds is 6. The van der Waals surface area contributed by atoms with Gasteiger partial charge in [0.15, 0.2) is 5.76 Å². The number of aromatic nitrogens is 6. The Kier molecular flexibility index (Phi) is 4.62. The van der Waals surface area contributed by atoms with Crippen molar-refractivity contribution in [2.75, 3.05) is 18.9 Å². The molecule has 1 atom stereocenters. The first kappa shape index (κ1) is 20.4. The van der Waals surface area contributed by atoms with Crippen LogP contribution in [0.5, 0.6) is 0 Å². The molecule has 2 fully saturated rings. The van der Waals surface area contributed by atoms with E-state index in [1.54, 1.807) is 37.5 Å². The highest BCUT2D eigenvalue weighted by atomic mass is 16.5. The molecule has 1 aliphatic heterocycles. The Morgan fingerprint density at radius 1 is 1.12 bits per heavy atom. The van der Waals surface area contributed by atoms with Gasteiger partial charge in [-0.3, -0.25) is 10.1 Å². The number of pyridine rings is 1. The Morgan fingerprint density at radius 3 is 2.68 bits per heavy atom. The lowest BCUT2D eigenvalue weighted by Gasteiger charge is -2.16. The van der Waals surface area contributed by atoms with Crippen LogP contribution in [0.4, 0.5) is 12.0 Å². The van der Waals surface area contributed by atoms with Crippen LogP contribution < -0.4 is 5.32 Å². The molecule has 0 radical (unpaired) electrons. The second-order valence-electron chi connectivity index (χ2n) is 8.43. The quantitative estimate of drug-likeness (QED) is 0.435. The van der Waals surface area contributed by atoms with E-state index >= 15 is 0 Å². The summed E-state index contributed by atoms with van der Waals surface area (Å²) in [5, 5.41) is 25.8. The maximum absolute atomic E-state index is 12.4.